The molecule has 0 aliphatic rings. The van der Waals surface area contributed by atoms with Crippen molar-refractivity contribution in [2.75, 3.05) is 27.0 Å². The van der Waals surface area contributed by atoms with Crippen LogP contribution in [0.25, 0.3) is 11.3 Å². The van der Waals surface area contributed by atoms with Crippen molar-refractivity contribution in [3.05, 3.63) is 35.9 Å². The van der Waals surface area contributed by atoms with Crippen LogP contribution >= 0.6 is 0 Å². The van der Waals surface area contributed by atoms with E-state index in [4.69, 9.17) is 15.2 Å². The summed E-state index contributed by atoms with van der Waals surface area (Å²) in [5.74, 6) is 2.01. The minimum Gasteiger partial charge on any atom is -0.496 e. The normalized spacial score (nSPS) is 10.3. The zero-order valence-corrected chi connectivity index (χ0v) is 11.9. The van der Waals surface area contributed by atoms with E-state index in [9.17, 15) is 0 Å². The summed E-state index contributed by atoms with van der Waals surface area (Å²) in [4.78, 5) is 4.33. The molecule has 0 aliphatic carbocycles. The molecule has 0 saturated carbocycles. The van der Waals surface area contributed by atoms with Crippen LogP contribution in [0.5, 0.6) is 11.5 Å². The van der Waals surface area contributed by atoms with Gasteiger partial charge in [0.25, 0.3) is 0 Å². The van der Waals surface area contributed by atoms with E-state index in [1.165, 1.54) is 0 Å². The fraction of sp³-hybridized carbons (Fsp3) is 0.267. The molecule has 0 fully saturated rings. The first kappa shape index (κ1) is 14.1. The van der Waals surface area contributed by atoms with Gasteiger partial charge in [0, 0.05) is 17.7 Å². The Bertz CT molecular complexity index is 600. The quantitative estimate of drug-likeness (QED) is 0.872. The highest BCUT2D eigenvalue weighted by atomic mass is 16.5. The molecule has 5 heteroatoms. The van der Waals surface area contributed by atoms with Gasteiger partial charge in [-0.25, -0.2) is 4.98 Å². The fourth-order valence-corrected chi connectivity index (χ4v) is 2.09. The molecular formula is C15H19N3O2. The number of anilines is 1. The highest BCUT2D eigenvalue weighted by Crippen LogP contribution is 2.35. The Morgan fingerprint density at radius 3 is 2.50 bits per heavy atom. The van der Waals surface area contributed by atoms with Crippen LogP contribution in [0, 0.1) is 0 Å². The van der Waals surface area contributed by atoms with Gasteiger partial charge < -0.3 is 20.5 Å². The number of aromatic nitrogens is 1. The van der Waals surface area contributed by atoms with E-state index in [0.29, 0.717) is 12.4 Å². The highest BCUT2D eigenvalue weighted by molar-refractivity contribution is 5.71. The van der Waals surface area contributed by atoms with Crippen molar-refractivity contribution in [1.82, 2.24) is 10.3 Å². The SMILES string of the molecule is CNCc1cc(OC)c(-c2cccc(N)n2)cc1OC. The second-order valence-electron chi connectivity index (χ2n) is 4.34. The van der Waals surface area contributed by atoms with Gasteiger partial charge in [0.05, 0.1) is 19.9 Å². The molecule has 0 unspecified atom stereocenters. The predicted octanol–water partition coefficient (Wildman–Crippen LogP) is 2.07. The Balaban J connectivity index is 2.57. The van der Waals surface area contributed by atoms with Gasteiger partial charge >= 0.3 is 0 Å². The van der Waals surface area contributed by atoms with Crippen molar-refractivity contribution in [2.45, 2.75) is 6.54 Å². The number of hydrogen-bond donors (Lipinski definition) is 2. The molecule has 0 aliphatic heterocycles. The summed E-state index contributed by atoms with van der Waals surface area (Å²) in [7, 11) is 5.18. The summed E-state index contributed by atoms with van der Waals surface area (Å²) >= 11 is 0. The Morgan fingerprint density at radius 2 is 1.90 bits per heavy atom. The van der Waals surface area contributed by atoms with Crippen LogP contribution in [0.15, 0.2) is 30.3 Å². The first-order chi connectivity index (χ1) is 9.69. The van der Waals surface area contributed by atoms with Crippen LogP contribution in [0.4, 0.5) is 5.82 Å². The number of methoxy groups -OCH3 is 2. The molecule has 0 amide bonds. The number of nitrogens with zero attached hydrogens (tertiary/aromatic N) is 1. The maximum absolute atomic E-state index is 5.74. The number of pyridine rings is 1. The van der Waals surface area contributed by atoms with Crippen LogP contribution < -0.4 is 20.5 Å². The molecule has 2 rings (SSSR count). The van der Waals surface area contributed by atoms with Crippen molar-refractivity contribution >= 4 is 5.82 Å². The van der Waals surface area contributed by atoms with E-state index in [1.54, 1.807) is 20.3 Å². The van der Waals surface area contributed by atoms with E-state index >= 15 is 0 Å². The molecule has 0 spiro atoms. The lowest BCUT2D eigenvalue weighted by Crippen LogP contribution is -2.07. The molecule has 20 heavy (non-hydrogen) atoms. The van der Waals surface area contributed by atoms with E-state index in [0.717, 1.165) is 28.3 Å². The minimum atomic E-state index is 0.475. The zero-order chi connectivity index (χ0) is 14.5. The lowest BCUT2D eigenvalue weighted by molar-refractivity contribution is 0.399. The predicted molar refractivity (Wildman–Crippen MR) is 80.0 cm³/mol. The van der Waals surface area contributed by atoms with Crippen molar-refractivity contribution < 1.29 is 9.47 Å². The second kappa shape index (κ2) is 6.25. The van der Waals surface area contributed by atoms with Gasteiger partial charge in [-0.1, -0.05) is 6.07 Å². The van der Waals surface area contributed by atoms with E-state index in [1.807, 2.05) is 31.3 Å². The zero-order valence-electron chi connectivity index (χ0n) is 11.9. The molecule has 1 aromatic heterocycles. The third-order valence-electron chi connectivity index (χ3n) is 3.02. The van der Waals surface area contributed by atoms with E-state index in [2.05, 4.69) is 10.3 Å². The highest BCUT2D eigenvalue weighted by Gasteiger charge is 2.13. The number of benzene rings is 1. The molecule has 5 nitrogen and oxygen atoms in total. The number of nitrogens with one attached hydrogen (secondary N) is 1. The van der Waals surface area contributed by atoms with Crippen LogP contribution in [-0.2, 0) is 6.54 Å². The third kappa shape index (κ3) is 2.83. The monoisotopic (exact) mass is 273 g/mol. The summed E-state index contributed by atoms with van der Waals surface area (Å²) in [6, 6.07) is 9.39. The topological polar surface area (TPSA) is 69.4 Å². The Morgan fingerprint density at radius 1 is 1.15 bits per heavy atom. The third-order valence-corrected chi connectivity index (χ3v) is 3.02. The summed E-state index contributed by atoms with van der Waals surface area (Å²) in [5, 5.41) is 3.11. The average Bonchev–Trinajstić information content (AvgIpc) is 2.47. The van der Waals surface area contributed by atoms with Crippen molar-refractivity contribution in [3.63, 3.8) is 0 Å². The fourth-order valence-electron chi connectivity index (χ4n) is 2.09. The average molecular weight is 273 g/mol. The molecule has 2 aromatic rings. The Labute approximate surface area is 118 Å². The lowest BCUT2D eigenvalue weighted by Gasteiger charge is -2.14. The van der Waals surface area contributed by atoms with Crippen molar-refractivity contribution in [1.29, 1.82) is 0 Å². The van der Waals surface area contributed by atoms with E-state index < -0.39 is 0 Å². The molecule has 3 N–H and O–H groups in total. The molecule has 1 heterocycles. The van der Waals surface area contributed by atoms with Crippen LogP contribution in [0.2, 0.25) is 0 Å². The minimum absolute atomic E-state index is 0.475. The summed E-state index contributed by atoms with van der Waals surface area (Å²) in [5.41, 5.74) is 8.39. The number of nitrogen functional groups attached to an aromatic ring is 1. The maximum Gasteiger partial charge on any atom is 0.128 e. The number of ether oxygens (including phenoxy) is 2. The van der Waals surface area contributed by atoms with Crippen molar-refractivity contribution in [2.24, 2.45) is 0 Å². The molecule has 1 aromatic carbocycles. The first-order valence-corrected chi connectivity index (χ1v) is 6.32. The lowest BCUT2D eigenvalue weighted by atomic mass is 10.1. The molecule has 0 radical (unpaired) electrons. The van der Waals surface area contributed by atoms with Gasteiger partial charge in [0.2, 0.25) is 0 Å². The second-order valence-corrected chi connectivity index (χ2v) is 4.34. The van der Waals surface area contributed by atoms with E-state index in [-0.39, 0.29) is 0 Å². The van der Waals surface area contributed by atoms with Gasteiger partial charge in [-0.3, -0.25) is 0 Å². The summed E-state index contributed by atoms with van der Waals surface area (Å²) < 4.78 is 10.9. The van der Waals surface area contributed by atoms with Gasteiger partial charge in [0.15, 0.2) is 0 Å². The molecule has 106 valence electrons. The smallest absolute Gasteiger partial charge is 0.128 e. The Hall–Kier alpha value is -2.27. The molecule has 0 bridgehead atoms. The number of hydrogen-bond acceptors (Lipinski definition) is 5. The van der Waals surface area contributed by atoms with Gasteiger partial charge in [-0.15, -0.1) is 0 Å². The molecule has 0 saturated heterocycles. The van der Waals surface area contributed by atoms with Crippen LogP contribution in [0.1, 0.15) is 5.56 Å². The maximum atomic E-state index is 5.74. The summed E-state index contributed by atoms with van der Waals surface area (Å²) in [6.45, 7) is 0.699. The van der Waals surface area contributed by atoms with Crippen molar-refractivity contribution in [3.8, 4) is 22.8 Å². The standard InChI is InChI=1S/C15H19N3O2/c1-17-9-10-7-14(20-3)11(8-13(10)19-2)12-5-4-6-15(16)18-12/h4-8,17H,9H2,1-3H3,(H2,16,18). The Kier molecular flexibility index (Phi) is 4.42. The molecular weight excluding hydrogens is 254 g/mol. The van der Waals surface area contributed by atoms with Crippen LogP contribution in [-0.4, -0.2) is 26.3 Å². The summed E-state index contributed by atoms with van der Waals surface area (Å²) in [6.07, 6.45) is 0. The largest absolute Gasteiger partial charge is 0.496 e. The van der Waals surface area contributed by atoms with Gasteiger partial charge in [-0.2, -0.15) is 0 Å². The van der Waals surface area contributed by atoms with Gasteiger partial charge in [-0.05, 0) is 31.3 Å². The van der Waals surface area contributed by atoms with Crippen LogP contribution in [0.3, 0.4) is 0 Å². The van der Waals surface area contributed by atoms with Gasteiger partial charge in [0.1, 0.15) is 17.3 Å². The number of rotatable bonds is 5. The number of nitrogens with two attached hydrogens (primary N) is 1. The first-order valence-electron chi connectivity index (χ1n) is 6.32. The molecule has 0 atom stereocenters.